The Morgan fingerprint density at radius 1 is 1.19 bits per heavy atom. The molecule has 0 aliphatic heterocycles. The minimum atomic E-state index is 0.876. The van der Waals surface area contributed by atoms with E-state index in [0.29, 0.717) is 0 Å². The lowest BCUT2D eigenvalue weighted by Crippen LogP contribution is -2.19. The second kappa shape index (κ2) is 5.39. The molecule has 1 fully saturated rings. The first-order valence-corrected chi connectivity index (χ1v) is 6.62. The van der Waals surface area contributed by atoms with Gasteiger partial charge in [-0.2, -0.15) is 0 Å². The van der Waals surface area contributed by atoms with Crippen LogP contribution in [0.3, 0.4) is 0 Å². The first-order valence-electron chi connectivity index (χ1n) is 6.62. The Morgan fingerprint density at radius 2 is 1.94 bits per heavy atom. The monoisotopic (exact) mass is 214 g/mol. The predicted octanol–water partition coefficient (Wildman–Crippen LogP) is 4.29. The van der Waals surface area contributed by atoms with Crippen LogP contribution < -0.4 is 0 Å². The van der Waals surface area contributed by atoms with Gasteiger partial charge in [0.2, 0.25) is 0 Å². The largest absolute Gasteiger partial charge is 0.0702 e. The summed E-state index contributed by atoms with van der Waals surface area (Å²) in [4.78, 5) is 0. The molecule has 16 heavy (non-hydrogen) atoms. The molecule has 1 aliphatic carbocycles. The molecule has 0 heterocycles. The molecule has 0 nitrogen and oxygen atoms in total. The van der Waals surface area contributed by atoms with E-state index in [9.17, 15) is 0 Å². The second-order valence-electron chi connectivity index (χ2n) is 5.57. The molecule has 0 atom stereocenters. The van der Waals surface area contributed by atoms with E-state index < -0.39 is 0 Å². The highest BCUT2D eigenvalue weighted by Crippen LogP contribution is 2.34. The van der Waals surface area contributed by atoms with Gasteiger partial charge in [-0.15, -0.1) is 0 Å². The molecular formula is C16H22. The lowest BCUT2D eigenvalue weighted by molar-refractivity contribution is 0.223. The molecule has 2 rings (SSSR count). The van der Waals surface area contributed by atoms with Gasteiger partial charge in [-0.1, -0.05) is 26.0 Å². The summed E-state index contributed by atoms with van der Waals surface area (Å²) in [7, 11) is 0. The normalized spacial score (nSPS) is 25.4. The zero-order valence-corrected chi connectivity index (χ0v) is 10.5. The van der Waals surface area contributed by atoms with Crippen LogP contribution in [-0.2, 0) is 6.42 Å². The molecule has 1 aromatic carbocycles. The van der Waals surface area contributed by atoms with Crippen LogP contribution in [0.2, 0.25) is 0 Å². The minimum absolute atomic E-state index is 0.876. The van der Waals surface area contributed by atoms with Gasteiger partial charge in [-0.3, -0.25) is 0 Å². The van der Waals surface area contributed by atoms with Crippen molar-refractivity contribution in [1.82, 2.24) is 0 Å². The molecular weight excluding hydrogens is 192 g/mol. The van der Waals surface area contributed by atoms with E-state index in [1.807, 2.05) is 6.07 Å². The maximum Gasteiger partial charge on any atom is -0.00829 e. The average Bonchev–Trinajstić information content (AvgIpc) is 2.31. The highest BCUT2D eigenvalue weighted by Gasteiger charge is 2.23. The maximum absolute atomic E-state index is 3.05. The van der Waals surface area contributed by atoms with Crippen molar-refractivity contribution in [2.75, 3.05) is 0 Å². The summed E-state index contributed by atoms with van der Waals surface area (Å²) >= 11 is 0. The molecule has 0 saturated heterocycles. The van der Waals surface area contributed by atoms with Gasteiger partial charge in [0.1, 0.15) is 0 Å². The predicted molar refractivity (Wildman–Crippen MR) is 68.1 cm³/mol. The summed E-state index contributed by atoms with van der Waals surface area (Å²) < 4.78 is 0. The third-order valence-corrected chi connectivity index (χ3v) is 4.08. The molecule has 0 amide bonds. The smallest absolute Gasteiger partial charge is 0.00829 e. The van der Waals surface area contributed by atoms with E-state index in [0.717, 1.165) is 17.8 Å². The fourth-order valence-corrected chi connectivity index (χ4v) is 2.90. The van der Waals surface area contributed by atoms with E-state index in [2.05, 4.69) is 38.1 Å². The third kappa shape index (κ3) is 3.01. The Bertz CT molecular complexity index is 291. The van der Waals surface area contributed by atoms with Crippen molar-refractivity contribution in [1.29, 1.82) is 0 Å². The highest BCUT2D eigenvalue weighted by molar-refractivity contribution is 5.10. The average molecular weight is 214 g/mol. The molecule has 0 N–H and O–H groups in total. The fourth-order valence-electron chi connectivity index (χ4n) is 2.90. The summed E-state index contributed by atoms with van der Waals surface area (Å²) in [6.45, 7) is 4.74. The van der Waals surface area contributed by atoms with E-state index in [1.54, 1.807) is 0 Å². The zero-order chi connectivity index (χ0) is 11.4. The number of hydrogen-bond donors (Lipinski definition) is 0. The molecule has 1 aromatic rings. The van der Waals surface area contributed by atoms with Crippen LogP contribution in [0.15, 0.2) is 18.2 Å². The Hall–Kier alpha value is -0.960. The fraction of sp³-hybridized carbons (Fsp3) is 0.625. The lowest BCUT2D eigenvalue weighted by atomic mass is 9.75. The van der Waals surface area contributed by atoms with Crippen LogP contribution >= 0.6 is 0 Å². The van der Waals surface area contributed by atoms with Crippen LogP contribution in [0.5, 0.6) is 0 Å². The van der Waals surface area contributed by atoms with Gasteiger partial charge in [-0.05, 0) is 73.6 Å². The van der Waals surface area contributed by atoms with Gasteiger partial charge >= 0.3 is 0 Å². The molecule has 0 bridgehead atoms. The van der Waals surface area contributed by atoms with Crippen LogP contribution in [0, 0.1) is 29.9 Å². The van der Waals surface area contributed by atoms with Crippen molar-refractivity contribution in [2.45, 2.75) is 46.0 Å². The molecule has 0 aromatic heterocycles. The number of hydrogen-bond acceptors (Lipinski definition) is 0. The third-order valence-electron chi connectivity index (χ3n) is 4.08. The van der Waals surface area contributed by atoms with Gasteiger partial charge in [0.05, 0.1) is 0 Å². The van der Waals surface area contributed by atoms with Gasteiger partial charge < -0.3 is 0 Å². The van der Waals surface area contributed by atoms with Crippen molar-refractivity contribution < 1.29 is 0 Å². The molecule has 0 heteroatoms. The van der Waals surface area contributed by atoms with Gasteiger partial charge in [0.15, 0.2) is 0 Å². The van der Waals surface area contributed by atoms with Crippen molar-refractivity contribution in [2.24, 2.45) is 17.8 Å². The maximum atomic E-state index is 3.05. The molecule has 1 saturated carbocycles. The quantitative estimate of drug-likeness (QED) is 0.704. The van der Waals surface area contributed by atoms with E-state index in [1.165, 1.54) is 37.7 Å². The molecule has 0 radical (unpaired) electrons. The van der Waals surface area contributed by atoms with E-state index >= 15 is 0 Å². The standard InChI is InChI=1S/C16H22/c1-13(2)16-10-8-15(9-11-16)12-14-6-4-3-5-7-14/h4,6-7,13,15-16H,8-12H2,1-2H3. The first-order chi connectivity index (χ1) is 7.75. The van der Waals surface area contributed by atoms with Gasteiger partial charge in [-0.25, -0.2) is 0 Å². The Balaban J connectivity index is 1.82. The van der Waals surface area contributed by atoms with E-state index in [-0.39, 0.29) is 0 Å². The molecule has 0 spiro atoms. The van der Waals surface area contributed by atoms with Crippen LogP contribution in [0.1, 0.15) is 45.1 Å². The molecule has 86 valence electrons. The number of rotatable bonds is 3. The van der Waals surface area contributed by atoms with Crippen LogP contribution in [-0.4, -0.2) is 0 Å². The van der Waals surface area contributed by atoms with Crippen molar-refractivity contribution in [3.63, 3.8) is 0 Å². The Kier molecular flexibility index (Phi) is 3.88. The summed E-state index contributed by atoms with van der Waals surface area (Å²) in [6.07, 6.45) is 6.95. The lowest BCUT2D eigenvalue weighted by Gasteiger charge is -2.30. The summed E-state index contributed by atoms with van der Waals surface area (Å²) in [5.74, 6) is 2.76. The van der Waals surface area contributed by atoms with Crippen LogP contribution in [0.4, 0.5) is 0 Å². The Labute approximate surface area is 100 Å². The molecule has 0 unspecified atom stereocenters. The zero-order valence-electron chi connectivity index (χ0n) is 10.5. The van der Waals surface area contributed by atoms with Gasteiger partial charge in [0, 0.05) is 0 Å². The summed E-state index contributed by atoms with van der Waals surface area (Å²) in [5, 5.41) is 0. The van der Waals surface area contributed by atoms with Crippen molar-refractivity contribution in [3.05, 3.63) is 35.9 Å². The molecule has 1 aliphatic rings. The SMILES string of the molecule is CC(C)C1CCC(Cc2cc#ccc2)CC1. The minimum Gasteiger partial charge on any atom is -0.0702 e. The van der Waals surface area contributed by atoms with Crippen LogP contribution in [0.25, 0.3) is 0 Å². The van der Waals surface area contributed by atoms with E-state index in [4.69, 9.17) is 0 Å². The summed E-state index contributed by atoms with van der Waals surface area (Å²) in [5.41, 5.74) is 1.44. The topological polar surface area (TPSA) is 0 Å². The highest BCUT2D eigenvalue weighted by atomic mass is 14.3. The van der Waals surface area contributed by atoms with Crippen molar-refractivity contribution in [3.8, 4) is 0 Å². The van der Waals surface area contributed by atoms with Gasteiger partial charge in [0.25, 0.3) is 0 Å². The summed E-state index contributed by atoms with van der Waals surface area (Å²) in [6, 6.07) is 12.3. The first kappa shape index (κ1) is 11.5. The second-order valence-corrected chi connectivity index (χ2v) is 5.57. The van der Waals surface area contributed by atoms with Crippen molar-refractivity contribution >= 4 is 0 Å². The Morgan fingerprint density at radius 3 is 2.50 bits per heavy atom.